The molecule has 1 N–H and O–H groups in total. The number of allylic oxidation sites excluding steroid dienone is 2. The number of ketones is 2. The summed E-state index contributed by atoms with van der Waals surface area (Å²) in [5.41, 5.74) is 0.796. The van der Waals surface area contributed by atoms with Crippen molar-refractivity contribution in [1.82, 2.24) is 5.32 Å². The van der Waals surface area contributed by atoms with Crippen molar-refractivity contribution < 1.29 is 14.4 Å². The maximum Gasteiger partial charge on any atom is 0.224 e. The molecule has 1 aromatic carbocycles. The summed E-state index contributed by atoms with van der Waals surface area (Å²) in [6.45, 7) is 1.87. The van der Waals surface area contributed by atoms with E-state index in [9.17, 15) is 14.4 Å². The zero-order valence-electron chi connectivity index (χ0n) is 10.0. The molecule has 0 heterocycles. The quantitative estimate of drug-likeness (QED) is 0.881. The molecule has 0 radical (unpaired) electrons. The SMILES string of the molecule is CCCC(=O)NC1=CC(=O)c2ccccc2C1=O. The largest absolute Gasteiger partial charge is 0.323 e. The molecule has 1 aliphatic rings. The number of carbonyl (C=O) groups is 3. The number of hydrogen-bond donors (Lipinski definition) is 1. The molecule has 0 bridgehead atoms. The molecular formula is C14H13NO3. The second-order valence-electron chi connectivity index (χ2n) is 4.10. The van der Waals surface area contributed by atoms with Gasteiger partial charge in [0.1, 0.15) is 0 Å². The summed E-state index contributed by atoms with van der Waals surface area (Å²) in [6.07, 6.45) is 2.22. The first-order chi connectivity index (χ1) is 8.63. The van der Waals surface area contributed by atoms with Gasteiger partial charge in [-0.2, -0.15) is 0 Å². The van der Waals surface area contributed by atoms with Crippen LogP contribution in [0, 0.1) is 0 Å². The number of Topliss-reactive ketones (excluding diaryl/α,β-unsaturated/α-hetero) is 1. The molecule has 18 heavy (non-hydrogen) atoms. The van der Waals surface area contributed by atoms with Crippen LogP contribution < -0.4 is 5.32 Å². The van der Waals surface area contributed by atoms with Crippen molar-refractivity contribution in [2.24, 2.45) is 0 Å². The van der Waals surface area contributed by atoms with Gasteiger partial charge in [0.15, 0.2) is 5.78 Å². The summed E-state index contributed by atoms with van der Waals surface area (Å²) in [7, 11) is 0. The highest BCUT2D eigenvalue weighted by Gasteiger charge is 2.25. The Morgan fingerprint density at radius 2 is 1.83 bits per heavy atom. The molecule has 0 saturated heterocycles. The fourth-order valence-electron chi connectivity index (χ4n) is 1.85. The van der Waals surface area contributed by atoms with Crippen LogP contribution in [0.15, 0.2) is 36.0 Å². The number of amides is 1. The number of fused-ring (bicyclic) bond motifs is 1. The normalized spacial score (nSPS) is 13.9. The molecule has 4 heteroatoms. The Bertz CT molecular complexity index is 558. The first kappa shape index (κ1) is 12.2. The highest BCUT2D eigenvalue weighted by Crippen LogP contribution is 2.19. The van der Waals surface area contributed by atoms with E-state index >= 15 is 0 Å². The zero-order chi connectivity index (χ0) is 13.1. The third kappa shape index (κ3) is 2.22. The van der Waals surface area contributed by atoms with E-state index in [1.54, 1.807) is 24.3 Å². The minimum absolute atomic E-state index is 0.0668. The first-order valence-corrected chi connectivity index (χ1v) is 5.83. The van der Waals surface area contributed by atoms with Crippen molar-refractivity contribution in [3.05, 3.63) is 47.2 Å². The third-order valence-electron chi connectivity index (χ3n) is 2.71. The van der Waals surface area contributed by atoms with Gasteiger partial charge in [-0.3, -0.25) is 14.4 Å². The van der Waals surface area contributed by atoms with E-state index in [0.29, 0.717) is 24.0 Å². The molecule has 0 aromatic heterocycles. The lowest BCUT2D eigenvalue weighted by atomic mass is 9.93. The lowest BCUT2D eigenvalue weighted by Crippen LogP contribution is -2.31. The van der Waals surface area contributed by atoms with Gasteiger partial charge in [0.2, 0.25) is 11.7 Å². The molecule has 0 spiro atoms. The van der Waals surface area contributed by atoms with Crippen LogP contribution in [0.1, 0.15) is 40.5 Å². The van der Waals surface area contributed by atoms with E-state index in [0.717, 1.165) is 0 Å². The van der Waals surface area contributed by atoms with Gasteiger partial charge >= 0.3 is 0 Å². The van der Waals surface area contributed by atoms with Gasteiger partial charge < -0.3 is 5.32 Å². The van der Waals surface area contributed by atoms with Crippen molar-refractivity contribution >= 4 is 17.5 Å². The average molecular weight is 243 g/mol. The zero-order valence-corrected chi connectivity index (χ0v) is 10.0. The lowest BCUT2D eigenvalue weighted by Gasteiger charge is -2.15. The van der Waals surface area contributed by atoms with Crippen LogP contribution in [0.4, 0.5) is 0 Å². The van der Waals surface area contributed by atoms with Gasteiger partial charge in [0.05, 0.1) is 5.70 Å². The van der Waals surface area contributed by atoms with Crippen LogP contribution in [-0.2, 0) is 4.79 Å². The summed E-state index contributed by atoms with van der Waals surface area (Å²) in [6, 6.07) is 6.60. The number of carbonyl (C=O) groups excluding carboxylic acids is 3. The van der Waals surface area contributed by atoms with Gasteiger partial charge in [-0.05, 0) is 6.42 Å². The number of nitrogens with one attached hydrogen (secondary N) is 1. The second-order valence-corrected chi connectivity index (χ2v) is 4.10. The first-order valence-electron chi connectivity index (χ1n) is 5.83. The Kier molecular flexibility index (Phi) is 3.37. The van der Waals surface area contributed by atoms with Crippen LogP contribution in [0.25, 0.3) is 0 Å². The molecule has 0 aliphatic heterocycles. The molecule has 4 nitrogen and oxygen atoms in total. The maximum atomic E-state index is 12.1. The highest BCUT2D eigenvalue weighted by molar-refractivity contribution is 6.25. The van der Waals surface area contributed by atoms with E-state index in [4.69, 9.17) is 0 Å². The van der Waals surface area contributed by atoms with Crippen LogP contribution in [0.3, 0.4) is 0 Å². The summed E-state index contributed by atoms with van der Waals surface area (Å²) in [4.78, 5) is 35.3. The number of rotatable bonds is 3. The van der Waals surface area contributed by atoms with Gasteiger partial charge in [-0.1, -0.05) is 31.2 Å². The Morgan fingerprint density at radius 1 is 1.17 bits per heavy atom. The fraction of sp³-hybridized carbons (Fsp3) is 0.214. The summed E-state index contributed by atoms with van der Waals surface area (Å²) in [5, 5.41) is 2.49. The molecule has 1 aromatic rings. The topological polar surface area (TPSA) is 63.2 Å². The van der Waals surface area contributed by atoms with Crippen LogP contribution in [0.5, 0.6) is 0 Å². The van der Waals surface area contributed by atoms with Crippen molar-refractivity contribution in [1.29, 1.82) is 0 Å². The Hall–Kier alpha value is -2.23. The fourth-order valence-corrected chi connectivity index (χ4v) is 1.85. The summed E-state index contributed by atoms with van der Waals surface area (Å²) in [5.74, 6) is -0.809. The van der Waals surface area contributed by atoms with Gasteiger partial charge in [0.25, 0.3) is 0 Å². The van der Waals surface area contributed by atoms with Crippen LogP contribution >= 0.6 is 0 Å². The van der Waals surface area contributed by atoms with Crippen molar-refractivity contribution in [2.75, 3.05) is 0 Å². The molecule has 0 unspecified atom stereocenters. The van der Waals surface area contributed by atoms with E-state index < -0.39 is 0 Å². The van der Waals surface area contributed by atoms with Gasteiger partial charge in [-0.25, -0.2) is 0 Å². The average Bonchev–Trinajstić information content (AvgIpc) is 2.36. The third-order valence-corrected chi connectivity index (χ3v) is 2.71. The molecule has 0 saturated carbocycles. The number of hydrogen-bond acceptors (Lipinski definition) is 3. The monoisotopic (exact) mass is 243 g/mol. The molecule has 1 aliphatic carbocycles. The predicted octanol–water partition coefficient (Wildman–Crippen LogP) is 1.87. The minimum Gasteiger partial charge on any atom is -0.323 e. The molecule has 0 fully saturated rings. The highest BCUT2D eigenvalue weighted by atomic mass is 16.2. The Balaban J connectivity index is 2.28. The molecule has 92 valence electrons. The summed E-state index contributed by atoms with van der Waals surface area (Å²) >= 11 is 0. The minimum atomic E-state index is -0.311. The van der Waals surface area contributed by atoms with E-state index in [-0.39, 0.29) is 23.2 Å². The van der Waals surface area contributed by atoms with E-state index in [2.05, 4.69) is 5.32 Å². The molecular weight excluding hydrogens is 230 g/mol. The van der Waals surface area contributed by atoms with Gasteiger partial charge in [-0.15, -0.1) is 0 Å². The van der Waals surface area contributed by atoms with E-state index in [1.165, 1.54) is 6.08 Å². The smallest absolute Gasteiger partial charge is 0.224 e. The molecule has 0 atom stereocenters. The van der Waals surface area contributed by atoms with Crippen LogP contribution in [-0.4, -0.2) is 17.5 Å². The molecule has 1 amide bonds. The molecule has 2 rings (SSSR count). The van der Waals surface area contributed by atoms with Crippen molar-refractivity contribution in [3.8, 4) is 0 Å². The second kappa shape index (κ2) is 4.96. The van der Waals surface area contributed by atoms with Gasteiger partial charge in [0, 0.05) is 23.6 Å². The van der Waals surface area contributed by atoms with Crippen molar-refractivity contribution in [3.63, 3.8) is 0 Å². The lowest BCUT2D eigenvalue weighted by molar-refractivity contribution is -0.120. The predicted molar refractivity (Wildman–Crippen MR) is 66.2 cm³/mol. The Morgan fingerprint density at radius 3 is 2.50 bits per heavy atom. The Labute approximate surface area is 105 Å². The van der Waals surface area contributed by atoms with Crippen molar-refractivity contribution in [2.45, 2.75) is 19.8 Å². The standard InChI is InChI=1S/C14H13NO3/c1-2-5-13(17)15-11-8-12(16)9-6-3-4-7-10(9)14(11)18/h3-4,6-8H,2,5H2,1H3,(H,15,17). The maximum absolute atomic E-state index is 12.1. The van der Waals surface area contributed by atoms with E-state index in [1.807, 2.05) is 6.92 Å². The number of benzene rings is 1. The summed E-state index contributed by atoms with van der Waals surface area (Å²) < 4.78 is 0. The van der Waals surface area contributed by atoms with Crippen LogP contribution in [0.2, 0.25) is 0 Å².